The lowest BCUT2D eigenvalue weighted by molar-refractivity contribution is -0.136. The molecule has 5 nitrogen and oxygen atoms in total. The fourth-order valence-electron chi connectivity index (χ4n) is 1.61. The molecule has 0 unspecified atom stereocenters. The second-order valence-electron chi connectivity index (χ2n) is 3.63. The number of amides is 2. The molecule has 16 heavy (non-hydrogen) atoms. The molecule has 2 rings (SSSR count). The van der Waals surface area contributed by atoms with Gasteiger partial charge in [-0.15, -0.1) is 0 Å². The highest BCUT2D eigenvalue weighted by Crippen LogP contribution is 2.12. The highest BCUT2D eigenvalue weighted by molar-refractivity contribution is 9.10. The summed E-state index contributed by atoms with van der Waals surface area (Å²) in [6.07, 6.45) is 3.42. The highest BCUT2D eigenvalue weighted by atomic mass is 79.9. The van der Waals surface area contributed by atoms with Gasteiger partial charge in [0.1, 0.15) is 0 Å². The van der Waals surface area contributed by atoms with Gasteiger partial charge in [-0.25, -0.2) is 0 Å². The Kier molecular flexibility index (Phi) is 3.31. The van der Waals surface area contributed by atoms with E-state index >= 15 is 0 Å². The number of carbonyl (C=O) groups excluding carboxylic acids is 2. The molecule has 2 amide bonds. The Labute approximate surface area is 101 Å². The number of carbonyl (C=O) groups is 2. The number of aromatic nitrogens is 1. The molecule has 1 aromatic heterocycles. The van der Waals surface area contributed by atoms with E-state index in [1.54, 1.807) is 17.3 Å². The van der Waals surface area contributed by atoms with Crippen molar-refractivity contribution in [1.29, 1.82) is 0 Å². The molecule has 1 aliphatic rings. The van der Waals surface area contributed by atoms with E-state index in [0.29, 0.717) is 6.54 Å². The van der Waals surface area contributed by atoms with Gasteiger partial charge in [0.25, 0.3) is 0 Å². The van der Waals surface area contributed by atoms with Crippen molar-refractivity contribution in [3.8, 4) is 0 Å². The van der Waals surface area contributed by atoms with E-state index in [4.69, 9.17) is 0 Å². The molecule has 1 saturated heterocycles. The predicted octanol–water partition coefficient (Wildman–Crippen LogP) is 0.303. The number of nitrogens with zero attached hydrogens (tertiary/aromatic N) is 2. The Morgan fingerprint density at radius 1 is 1.31 bits per heavy atom. The number of rotatable bonds is 2. The van der Waals surface area contributed by atoms with Gasteiger partial charge >= 0.3 is 0 Å². The number of hydrogen-bond donors (Lipinski definition) is 1. The van der Waals surface area contributed by atoms with Crippen LogP contribution >= 0.6 is 15.9 Å². The molecule has 6 heteroatoms. The van der Waals surface area contributed by atoms with Crippen LogP contribution in [0.2, 0.25) is 0 Å². The smallest absolute Gasteiger partial charge is 0.240 e. The zero-order valence-electron chi connectivity index (χ0n) is 8.44. The molecule has 1 aromatic rings. The Bertz CT molecular complexity index is 420. The van der Waals surface area contributed by atoms with Gasteiger partial charge in [0.05, 0.1) is 13.1 Å². The Morgan fingerprint density at radius 3 is 2.62 bits per heavy atom. The van der Waals surface area contributed by atoms with E-state index in [9.17, 15) is 9.59 Å². The maximum absolute atomic E-state index is 11.1. The van der Waals surface area contributed by atoms with Crippen LogP contribution in [0.25, 0.3) is 0 Å². The SMILES string of the molecule is O=C1CN(Cc2cncc(Br)c2)CC(=O)N1. The summed E-state index contributed by atoms with van der Waals surface area (Å²) in [7, 11) is 0. The van der Waals surface area contributed by atoms with E-state index in [1.807, 2.05) is 6.07 Å². The summed E-state index contributed by atoms with van der Waals surface area (Å²) >= 11 is 3.32. The molecule has 0 atom stereocenters. The minimum absolute atomic E-state index is 0.248. The van der Waals surface area contributed by atoms with Crippen molar-refractivity contribution >= 4 is 27.7 Å². The number of halogens is 1. The third kappa shape index (κ3) is 2.86. The van der Waals surface area contributed by atoms with Crippen LogP contribution in [0, 0.1) is 0 Å². The average molecular weight is 284 g/mol. The van der Waals surface area contributed by atoms with Gasteiger partial charge in [-0.05, 0) is 27.6 Å². The first-order valence-electron chi connectivity index (χ1n) is 4.78. The summed E-state index contributed by atoms with van der Waals surface area (Å²) in [5, 5.41) is 2.26. The second-order valence-corrected chi connectivity index (χ2v) is 4.54. The van der Waals surface area contributed by atoms with Crippen LogP contribution in [0.1, 0.15) is 5.56 Å². The van der Waals surface area contributed by atoms with Gasteiger partial charge in [0.2, 0.25) is 11.8 Å². The number of piperazine rings is 1. The minimum Gasteiger partial charge on any atom is -0.294 e. The van der Waals surface area contributed by atoms with Crippen LogP contribution in [-0.4, -0.2) is 34.8 Å². The van der Waals surface area contributed by atoms with Gasteiger partial charge in [-0.3, -0.25) is 24.8 Å². The van der Waals surface area contributed by atoms with Crippen molar-refractivity contribution in [2.24, 2.45) is 0 Å². The van der Waals surface area contributed by atoms with E-state index < -0.39 is 0 Å². The van der Waals surface area contributed by atoms with E-state index in [2.05, 4.69) is 26.2 Å². The Morgan fingerprint density at radius 2 is 2.00 bits per heavy atom. The van der Waals surface area contributed by atoms with Gasteiger partial charge in [0, 0.05) is 23.4 Å². The summed E-state index contributed by atoms with van der Waals surface area (Å²) in [6, 6.07) is 1.92. The van der Waals surface area contributed by atoms with Crippen LogP contribution in [0.4, 0.5) is 0 Å². The second kappa shape index (κ2) is 4.71. The molecule has 0 aromatic carbocycles. The van der Waals surface area contributed by atoms with Gasteiger partial charge in [-0.1, -0.05) is 0 Å². The Hall–Kier alpha value is -1.27. The molecule has 0 saturated carbocycles. The maximum Gasteiger partial charge on any atom is 0.240 e. The number of nitrogens with one attached hydrogen (secondary N) is 1. The molecule has 1 N–H and O–H groups in total. The van der Waals surface area contributed by atoms with Crippen LogP contribution in [0.3, 0.4) is 0 Å². The highest BCUT2D eigenvalue weighted by Gasteiger charge is 2.22. The molecule has 0 radical (unpaired) electrons. The summed E-state index contributed by atoms with van der Waals surface area (Å²) in [5.74, 6) is -0.501. The molecular weight excluding hydrogens is 274 g/mol. The van der Waals surface area contributed by atoms with Crippen LogP contribution in [0.15, 0.2) is 22.9 Å². The third-order valence-corrected chi connectivity index (χ3v) is 2.61. The van der Waals surface area contributed by atoms with E-state index in [1.165, 1.54) is 0 Å². The maximum atomic E-state index is 11.1. The molecule has 2 heterocycles. The predicted molar refractivity (Wildman–Crippen MR) is 60.4 cm³/mol. The van der Waals surface area contributed by atoms with Crippen molar-refractivity contribution in [2.75, 3.05) is 13.1 Å². The van der Waals surface area contributed by atoms with E-state index in [-0.39, 0.29) is 24.9 Å². The zero-order valence-corrected chi connectivity index (χ0v) is 10.0. The first-order valence-corrected chi connectivity index (χ1v) is 5.57. The van der Waals surface area contributed by atoms with Crippen LogP contribution in [-0.2, 0) is 16.1 Å². The summed E-state index contributed by atoms with van der Waals surface area (Å²) in [5.41, 5.74) is 0.969. The topological polar surface area (TPSA) is 62.3 Å². The lowest BCUT2D eigenvalue weighted by Gasteiger charge is -2.24. The lowest BCUT2D eigenvalue weighted by atomic mass is 10.2. The van der Waals surface area contributed by atoms with E-state index in [0.717, 1.165) is 10.0 Å². The normalized spacial score (nSPS) is 17.3. The lowest BCUT2D eigenvalue weighted by Crippen LogP contribution is -2.50. The van der Waals surface area contributed by atoms with Crippen LogP contribution < -0.4 is 5.32 Å². The molecule has 84 valence electrons. The van der Waals surface area contributed by atoms with Crippen molar-refractivity contribution < 1.29 is 9.59 Å². The molecule has 0 bridgehead atoms. The largest absolute Gasteiger partial charge is 0.294 e. The van der Waals surface area contributed by atoms with Gasteiger partial charge in [-0.2, -0.15) is 0 Å². The molecule has 0 aliphatic carbocycles. The Balaban J connectivity index is 2.04. The quantitative estimate of drug-likeness (QED) is 0.794. The third-order valence-electron chi connectivity index (χ3n) is 2.18. The van der Waals surface area contributed by atoms with Gasteiger partial charge in [0.15, 0.2) is 0 Å². The van der Waals surface area contributed by atoms with Crippen molar-refractivity contribution in [3.05, 3.63) is 28.5 Å². The zero-order chi connectivity index (χ0) is 11.5. The molecule has 1 fully saturated rings. The number of pyridine rings is 1. The van der Waals surface area contributed by atoms with Crippen molar-refractivity contribution in [1.82, 2.24) is 15.2 Å². The molecule has 1 aliphatic heterocycles. The van der Waals surface area contributed by atoms with Crippen molar-refractivity contribution in [3.63, 3.8) is 0 Å². The fraction of sp³-hybridized carbons (Fsp3) is 0.300. The number of hydrogen-bond acceptors (Lipinski definition) is 4. The first-order chi connectivity index (χ1) is 7.63. The van der Waals surface area contributed by atoms with Gasteiger partial charge < -0.3 is 0 Å². The average Bonchev–Trinajstić information content (AvgIpc) is 2.15. The van der Waals surface area contributed by atoms with Crippen molar-refractivity contribution in [2.45, 2.75) is 6.54 Å². The first kappa shape index (κ1) is 11.2. The number of imide groups is 1. The fourth-order valence-corrected chi connectivity index (χ4v) is 2.02. The summed E-state index contributed by atoms with van der Waals surface area (Å²) in [4.78, 5) is 28.1. The van der Waals surface area contributed by atoms with Crippen LogP contribution in [0.5, 0.6) is 0 Å². The molecule has 0 spiro atoms. The summed E-state index contributed by atoms with van der Waals surface area (Å²) < 4.78 is 0.887. The minimum atomic E-state index is -0.251. The molecular formula is C10H10BrN3O2. The summed E-state index contributed by atoms with van der Waals surface area (Å²) in [6.45, 7) is 1.04. The standard InChI is InChI=1S/C10H10BrN3O2/c11-8-1-7(2-12-3-8)4-14-5-9(15)13-10(16)6-14/h1-3H,4-6H2,(H,13,15,16). The monoisotopic (exact) mass is 283 g/mol.